The molecule has 0 saturated carbocycles. The van der Waals surface area contributed by atoms with Crippen LogP contribution < -0.4 is 4.74 Å². The van der Waals surface area contributed by atoms with Crippen LogP contribution in [0, 0.1) is 0 Å². The Kier molecular flexibility index (Phi) is 4.33. The van der Waals surface area contributed by atoms with E-state index in [0.717, 1.165) is 6.29 Å². The summed E-state index contributed by atoms with van der Waals surface area (Å²) < 4.78 is 7.12. The number of carboxylic acid groups (broad SMARTS) is 1. The third kappa shape index (κ3) is 3.46. The Hall–Kier alpha value is -3.48. The summed E-state index contributed by atoms with van der Waals surface area (Å²) >= 11 is 0. The highest BCUT2D eigenvalue weighted by Crippen LogP contribution is 2.14. The number of carboxylic acids is 1. The molecule has 0 spiro atoms. The molecule has 7 nitrogen and oxygen atoms in total. The molecule has 0 radical (unpaired) electrons. The number of aromatic carboxylic acids is 1. The van der Waals surface area contributed by atoms with Gasteiger partial charge in [0, 0.05) is 5.56 Å². The zero-order valence-electron chi connectivity index (χ0n) is 12.5. The van der Waals surface area contributed by atoms with Gasteiger partial charge in [0.2, 0.25) is 0 Å². The van der Waals surface area contributed by atoms with E-state index < -0.39 is 5.97 Å². The van der Waals surface area contributed by atoms with Crippen molar-refractivity contribution in [2.75, 3.05) is 0 Å². The van der Waals surface area contributed by atoms with Gasteiger partial charge < -0.3 is 9.84 Å². The molecule has 0 atom stereocenters. The number of carbonyl (C=O) groups excluding carboxylic acids is 1. The van der Waals surface area contributed by atoms with Gasteiger partial charge in [-0.3, -0.25) is 4.79 Å². The second-order valence-corrected chi connectivity index (χ2v) is 4.99. The first-order chi connectivity index (χ1) is 11.7. The van der Waals surface area contributed by atoms with Gasteiger partial charge in [-0.1, -0.05) is 17.3 Å². The number of carbonyl (C=O) groups is 2. The normalized spacial score (nSPS) is 10.3. The molecule has 1 N–H and O–H groups in total. The molecule has 0 unspecified atom stereocenters. The molecule has 24 heavy (non-hydrogen) atoms. The number of benzene rings is 2. The highest BCUT2D eigenvalue weighted by atomic mass is 16.5. The Morgan fingerprint density at radius 1 is 1.21 bits per heavy atom. The van der Waals surface area contributed by atoms with E-state index in [1.54, 1.807) is 42.6 Å². The first-order valence-electron chi connectivity index (χ1n) is 7.09. The van der Waals surface area contributed by atoms with Crippen LogP contribution in [0.5, 0.6) is 5.75 Å². The molecule has 0 aliphatic rings. The highest BCUT2D eigenvalue weighted by molar-refractivity contribution is 5.87. The van der Waals surface area contributed by atoms with Crippen LogP contribution in [0.25, 0.3) is 5.69 Å². The third-order valence-corrected chi connectivity index (χ3v) is 3.30. The van der Waals surface area contributed by atoms with Crippen LogP contribution in [-0.2, 0) is 6.61 Å². The molecule has 1 aromatic heterocycles. The first-order valence-corrected chi connectivity index (χ1v) is 7.09. The summed E-state index contributed by atoms with van der Waals surface area (Å²) in [6.45, 7) is 0.204. The molecule has 7 heteroatoms. The van der Waals surface area contributed by atoms with Crippen molar-refractivity contribution in [1.29, 1.82) is 0 Å². The zero-order chi connectivity index (χ0) is 16.9. The van der Waals surface area contributed by atoms with Gasteiger partial charge in [0.25, 0.3) is 0 Å². The van der Waals surface area contributed by atoms with E-state index in [2.05, 4.69) is 10.3 Å². The standard InChI is InChI=1S/C17H13N3O4/c21-10-12-2-1-3-16(8-12)24-11-14-9-20(19-18-14)15-6-4-13(5-7-15)17(22)23/h1-10H,11H2,(H,22,23). The number of rotatable bonds is 6. The van der Waals surface area contributed by atoms with Crippen LogP contribution in [0.2, 0.25) is 0 Å². The molecule has 0 aliphatic heterocycles. The first kappa shape index (κ1) is 15.4. The molecule has 0 bridgehead atoms. The van der Waals surface area contributed by atoms with E-state index in [9.17, 15) is 9.59 Å². The molecule has 0 saturated heterocycles. The lowest BCUT2D eigenvalue weighted by Crippen LogP contribution is -1.99. The average Bonchev–Trinajstić information content (AvgIpc) is 3.09. The maximum Gasteiger partial charge on any atom is 0.335 e. The van der Waals surface area contributed by atoms with E-state index in [1.807, 2.05) is 0 Å². The van der Waals surface area contributed by atoms with E-state index in [0.29, 0.717) is 22.7 Å². The number of hydrogen-bond donors (Lipinski definition) is 1. The summed E-state index contributed by atoms with van der Waals surface area (Å²) in [6.07, 6.45) is 2.45. The minimum absolute atomic E-state index is 0.204. The second-order valence-electron chi connectivity index (χ2n) is 4.99. The predicted octanol–water partition coefficient (Wildman–Crippen LogP) is 2.36. The van der Waals surface area contributed by atoms with E-state index in [1.165, 1.54) is 16.8 Å². The maximum atomic E-state index is 10.8. The number of nitrogens with zero attached hydrogens (tertiary/aromatic N) is 3. The van der Waals surface area contributed by atoms with Crippen molar-refractivity contribution in [2.45, 2.75) is 6.61 Å². The molecule has 0 amide bonds. The lowest BCUT2D eigenvalue weighted by Gasteiger charge is -2.04. The summed E-state index contributed by atoms with van der Waals surface area (Å²) in [5.74, 6) is -0.410. The minimum atomic E-state index is -0.980. The van der Waals surface area contributed by atoms with Gasteiger partial charge in [0.1, 0.15) is 24.3 Å². The summed E-state index contributed by atoms with van der Waals surface area (Å²) in [6, 6.07) is 13.1. The van der Waals surface area contributed by atoms with Crippen molar-refractivity contribution in [3.05, 3.63) is 71.5 Å². The number of aromatic nitrogens is 3. The van der Waals surface area contributed by atoms with Crippen LogP contribution in [-0.4, -0.2) is 32.4 Å². The second kappa shape index (κ2) is 6.74. The monoisotopic (exact) mass is 323 g/mol. The topological polar surface area (TPSA) is 94.3 Å². The molecule has 3 aromatic rings. The lowest BCUT2D eigenvalue weighted by molar-refractivity contribution is 0.0696. The Morgan fingerprint density at radius 3 is 2.71 bits per heavy atom. The average molecular weight is 323 g/mol. The molecule has 1 heterocycles. The Bertz CT molecular complexity index is 872. The van der Waals surface area contributed by atoms with Crippen molar-refractivity contribution in [1.82, 2.24) is 15.0 Å². The van der Waals surface area contributed by atoms with Crippen molar-refractivity contribution < 1.29 is 19.4 Å². The molecular formula is C17H13N3O4. The molecule has 2 aromatic carbocycles. The molecule has 0 aliphatic carbocycles. The fourth-order valence-corrected chi connectivity index (χ4v) is 2.08. The van der Waals surface area contributed by atoms with Gasteiger partial charge >= 0.3 is 5.97 Å². The third-order valence-electron chi connectivity index (χ3n) is 3.30. The maximum absolute atomic E-state index is 10.8. The van der Waals surface area contributed by atoms with Crippen LogP contribution >= 0.6 is 0 Å². The Morgan fingerprint density at radius 2 is 2.00 bits per heavy atom. The highest BCUT2D eigenvalue weighted by Gasteiger charge is 2.06. The summed E-state index contributed by atoms with van der Waals surface area (Å²) in [4.78, 5) is 21.6. The number of aldehydes is 1. The van der Waals surface area contributed by atoms with Crippen molar-refractivity contribution >= 4 is 12.3 Å². The van der Waals surface area contributed by atoms with Gasteiger partial charge in [-0.2, -0.15) is 0 Å². The zero-order valence-corrected chi connectivity index (χ0v) is 12.5. The van der Waals surface area contributed by atoms with Crippen molar-refractivity contribution in [2.24, 2.45) is 0 Å². The minimum Gasteiger partial charge on any atom is -0.487 e. The predicted molar refractivity (Wildman–Crippen MR) is 84.5 cm³/mol. The summed E-state index contributed by atoms with van der Waals surface area (Å²) in [5.41, 5.74) is 2.04. The SMILES string of the molecule is O=Cc1cccc(OCc2cn(-c3ccc(C(=O)O)cc3)nn2)c1. The fraction of sp³-hybridized carbons (Fsp3) is 0.0588. The summed E-state index contributed by atoms with van der Waals surface area (Å²) in [7, 11) is 0. The largest absolute Gasteiger partial charge is 0.487 e. The van der Waals surface area contributed by atoms with Crippen LogP contribution in [0.4, 0.5) is 0 Å². The van der Waals surface area contributed by atoms with E-state index in [-0.39, 0.29) is 12.2 Å². The molecule has 120 valence electrons. The lowest BCUT2D eigenvalue weighted by atomic mass is 10.2. The van der Waals surface area contributed by atoms with Crippen LogP contribution in [0.3, 0.4) is 0 Å². The van der Waals surface area contributed by atoms with Gasteiger partial charge in [-0.15, -0.1) is 5.10 Å². The van der Waals surface area contributed by atoms with Crippen LogP contribution in [0.1, 0.15) is 26.4 Å². The van der Waals surface area contributed by atoms with Crippen molar-refractivity contribution in [3.63, 3.8) is 0 Å². The molecular weight excluding hydrogens is 310 g/mol. The van der Waals surface area contributed by atoms with Gasteiger partial charge in [0.15, 0.2) is 0 Å². The van der Waals surface area contributed by atoms with Crippen LogP contribution in [0.15, 0.2) is 54.7 Å². The number of ether oxygens (including phenoxy) is 1. The summed E-state index contributed by atoms with van der Waals surface area (Å²) in [5, 5.41) is 16.9. The van der Waals surface area contributed by atoms with Gasteiger partial charge in [-0.25, -0.2) is 9.48 Å². The fourth-order valence-electron chi connectivity index (χ4n) is 2.08. The van der Waals surface area contributed by atoms with Crippen molar-refractivity contribution in [3.8, 4) is 11.4 Å². The van der Waals surface area contributed by atoms with E-state index in [4.69, 9.17) is 9.84 Å². The molecule has 3 rings (SSSR count). The quantitative estimate of drug-likeness (QED) is 0.700. The smallest absolute Gasteiger partial charge is 0.335 e. The van der Waals surface area contributed by atoms with Gasteiger partial charge in [-0.05, 0) is 36.4 Å². The number of hydrogen-bond acceptors (Lipinski definition) is 5. The van der Waals surface area contributed by atoms with E-state index >= 15 is 0 Å². The van der Waals surface area contributed by atoms with Gasteiger partial charge in [0.05, 0.1) is 17.4 Å². The Labute approximate surface area is 137 Å². The Balaban J connectivity index is 1.68. The molecule has 0 fully saturated rings.